The first kappa shape index (κ1) is 41.5. The summed E-state index contributed by atoms with van der Waals surface area (Å²) in [7, 11) is 0. The number of hydrogen-bond donors (Lipinski definition) is 4. The third kappa shape index (κ3) is 8.93. The molecule has 51 heavy (non-hydrogen) atoms. The molecule has 23 heteroatoms. The first-order valence-electron chi connectivity index (χ1n) is 14.5. The van der Waals surface area contributed by atoms with E-state index in [0.29, 0.717) is 13.1 Å². The van der Waals surface area contributed by atoms with Gasteiger partial charge in [-0.1, -0.05) is 0 Å². The molecule has 0 amide bonds. The number of phenolic OH excluding ortho intramolecular Hbond substituents is 2. The van der Waals surface area contributed by atoms with Gasteiger partial charge in [0.2, 0.25) is 23.1 Å². The van der Waals surface area contributed by atoms with Gasteiger partial charge in [0.05, 0.1) is 9.85 Å². The maximum Gasteiger partial charge on any atom is 0.286 e. The Kier molecular flexibility index (Phi) is 14.5. The van der Waals surface area contributed by atoms with Gasteiger partial charge in [0, 0.05) is 67.2 Å². The van der Waals surface area contributed by atoms with Crippen molar-refractivity contribution in [3.63, 3.8) is 0 Å². The van der Waals surface area contributed by atoms with Gasteiger partial charge >= 0.3 is 0 Å². The number of azo groups is 2. The van der Waals surface area contributed by atoms with E-state index in [1.807, 2.05) is 0 Å². The van der Waals surface area contributed by atoms with Crippen LogP contribution in [0.25, 0.3) is 0 Å². The average molecular weight is 790 g/mol. The molecule has 1 radical (unpaired) electrons. The Balaban J connectivity index is 0.000000347. The van der Waals surface area contributed by atoms with Gasteiger partial charge in [0.1, 0.15) is 22.9 Å². The smallest absolute Gasteiger partial charge is 0.286 e. The Morgan fingerprint density at radius 1 is 0.608 bits per heavy atom. The maximum atomic E-state index is 12.4. The topological polar surface area (TPSA) is 270 Å². The number of nitro groups is 2. The minimum Gasteiger partial charge on any atom is -0.506 e. The van der Waals surface area contributed by atoms with Crippen molar-refractivity contribution in [2.24, 2.45) is 20.5 Å². The fourth-order valence-electron chi connectivity index (χ4n) is 4.27. The number of phenols is 2. The first-order chi connectivity index (χ1) is 23.6. The third-order valence-corrected chi connectivity index (χ3v) is 7.76. The van der Waals surface area contributed by atoms with Crippen molar-refractivity contribution < 1.29 is 47.1 Å². The van der Waals surface area contributed by atoms with Crippen molar-refractivity contribution in [3.8, 4) is 23.3 Å². The Morgan fingerprint density at radius 2 is 0.922 bits per heavy atom. The number of hydrogen-bond acceptors (Lipinski definition) is 16. The quantitative estimate of drug-likeness (QED) is 0.0596. The van der Waals surface area contributed by atoms with Crippen molar-refractivity contribution in [2.75, 3.05) is 0 Å². The molecule has 4 rings (SSSR count). The van der Waals surface area contributed by atoms with Crippen LogP contribution in [-0.2, 0) is 43.0 Å². The Morgan fingerprint density at radius 3 is 1.20 bits per heavy atom. The van der Waals surface area contributed by atoms with Crippen molar-refractivity contribution in [2.45, 2.75) is 53.9 Å². The normalized spacial score (nSPS) is 10.9. The molecule has 0 aliphatic carbocycles. The van der Waals surface area contributed by atoms with Crippen molar-refractivity contribution in [1.29, 1.82) is 0 Å². The molecule has 4 N–H and O–H groups in total. The summed E-state index contributed by atoms with van der Waals surface area (Å²) in [6.45, 7) is 8.01. The van der Waals surface area contributed by atoms with E-state index in [1.54, 1.807) is 27.7 Å². The predicted molar refractivity (Wildman–Crippen MR) is 183 cm³/mol. The standard InChI is InChI=1S/2C14H15N5O5S.Co/c2*1-3-17-12(21)11(13(22)18(4-2)14(17)25)16-15-9-7-8(19(23)24)5-6-10(9)20;/h2*5-7,20-21H,3-4H2,1-2H3;. The van der Waals surface area contributed by atoms with E-state index in [2.05, 4.69) is 20.5 Å². The van der Waals surface area contributed by atoms with E-state index in [4.69, 9.17) is 24.4 Å². The molecule has 0 unspecified atom stereocenters. The van der Waals surface area contributed by atoms with E-state index >= 15 is 0 Å². The largest absolute Gasteiger partial charge is 0.506 e. The molecule has 0 saturated heterocycles. The molecule has 0 atom stereocenters. The predicted octanol–water partition coefficient (Wildman–Crippen LogP) is 6.31. The van der Waals surface area contributed by atoms with Crippen LogP contribution in [-0.4, -0.2) is 48.5 Å². The molecule has 0 spiro atoms. The van der Waals surface area contributed by atoms with E-state index in [-0.39, 0.29) is 85.0 Å². The molecule has 0 fully saturated rings. The summed E-state index contributed by atoms with van der Waals surface area (Å²) in [5.74, 6) is -1.63. The second-order valence-electron chi connectivity index (χ2n) is 9.76. The maximum absolute atomic E-state index is 12.4. The second-order valence-corrected chi connectivity index (χ2v) is 10.5. The number of nitrogens with zero attached hydrogens (tertiary/aromatic N) is 10. The molecular weight excluding hydrogens is 759 g/mol. The zero-order valence-electron chi connectivity index (χ0n) is 27.2. The monoisotopic (exact) mass is 789 g/mol. The van der Waals surface area contributed by atoms with Crippen LogP contribution in [0.1, 0.15) is 27.7 Å². The minimum absolute atomic E-state index is 0. The fourth-order valence-corrected chi connectivity index (χ4v) is 5.13. The molecule has 0 bridgehead atoms. The molecule has 0 saturated carbocycles. The van der Waals surface area contributed by atoms with Crippen molar-refractivity contribution in [1.82, 2.24) is 18.3 Å². The zero-order chi connectivity index (χ0) is 37.4. The second kappa shape index (κ2) is 17.8. The number of nitro benzene ring substituents is 2. The van der Waals surface area contributed by atoms with Crippen LogP contribution in [0.15, 0.2) is 66.4 Å². The van der Waals surface area contributed by atoms with Crippen LogP contribution in [0.2, 0.25) is 0 Å². The van der Waals surface area contributed by atoms with Crippen molar-refractivity contribution >= 4 is 58.6 Å². The third-order valence-electron chi connectivity index (χ3n) is 6.87. The van der Waals surface area contributed by atoms with Crippen LogP contribution in [0, 0.1) is 29.8 Å². The molecule has 2 heterocycles. The van der Waals surface area contributed by atoms with Crippen LogP contribution < -0.4 is 11.1 Å². The van der Waals surface area contributed by atoms with Gasteiger partial charge in [-0.25, -0.2) is 0 Å². The first-order valence-corrected chi connectivity index (χ1v) is 15.4. The molecule has 0 aliphatic heterocycles. The molecule has 2 aromatic heterocycles. The van der Waals surface area contributed by atoms with Crippen molar-refractivity contribution in [3.05, 3.63) is 86.9 Å². The van der Waals surface area contributed by atoms with Gasteiger partial charge in [-0.05, 0) is 64.3 Å². The number of benzene rings is 2. The molecular formula is C28H30CoN10O10S2. The van der Waals surface area contributed by atoms with Crippen LogP contribution >= 0.6 is 24.4 Å². The van der Waals surface area contributed by atoms with E-state index in [9.17, 15) is 50.2 Å². The number of non-ortho nitro benzene ring substituents is 2. The van der Waals surface area contributed by atoms with Gasteiger partial charge < -0.3 is 20.4 Å². The van der Waals surface area contributed by atoms with Gasteiger partial charge in [0.25, 0.3) is 22.5 Å². The molecule has 273 valence electrons. The molecule has 0 aliphatic rings. The van der Waals surface area contributed by atoms with Crippen LogP contribution in [0.3, 0.4) is 0 Å². The van der Waals surface area contributed by atoms with E-state index in [0.717, 1.165) is 36.4 Å². The summed E-state index contributed by atoms with van der Waals surface area (Å²) in [6.07, 6.45) is 0. The van der Waals surface area contributed by atoms with Gasteiger partial charge in [-0.2, -0.15) is 0 Å². The zero-order valence-corrected chi connectivity index (χ0v) is 29.8. The summed E-state index contributed by atoms with van der Waals surface area (Å²) in [6, 6.07) is 6.40. The van der Waals surface area contributed by atoms with Crippen LogP contribution in [0.4, 0.5) is 34.1 Å². The summed E-state index contributed by atoms with van der Waals surface area (Å²) in [4.78, 5) is 45.1. The summed E-state index contributed by atoms with van der Waals surface area (Å²) in [5, 5.41) is 76.2. The van der Waals surface area contributed by atoms with Gasteiger partial charge in [-0.15, -0.1) is 20.5 Å². The average Bonchev–Trinajstić information content (AvgIpc) is 3.07. The molecule has 20 nitrogen and oxygen atoms in total. The Bertz CT molecular complexity index is 2120. The summed E-state index contributed by atoms with van der Waals surface area (Å²) >= 11 is 10.3. The van der Waals surface area contributed by atoms with Gasteiger partial charge in [0.15, 0.2) is 9.54 Å². The molecule has 2 aromatic carbocycles. The Hall–Kier alpha value is -5.65. The minimum atomic E-state index is -0.656. The molecule has 4 aromatic rings. The van der Waals surface area contributed by atoms with E-state index in [1.165, 1.54) is 18.3 Å². The number of aromatic hydroxyl groups is 4. The van der Waals surface area contributed by atoms with Crippen LogP contribution in [0.5, 0.6) is 23.3 Å². The van der Waals surface area contributed by atoms with E-state index < -0.39 is 32.7 Å². The summed E-state index contributed by atoms with van der Waals surface area (Å²) in [5.41, 5.74) is -3.06. The number of rotatable bonds is 10. The Labute approximate surface area is 307 Å². The SMILES string of the molecule is CCn1c(O)c(N=Nc2cc([N+](=O)[O-])ccc2O)c(=O)n(CC)c1=S.CCn1c(O)c(N=Nc2cc([N+](=O)[O-])ccc2O)c(=O)n(CC)c1=S.[Co]. The van der Waals surface area contributed by atoms with Gasteiger partial charge in [-0.3, -0.25) is 48.1 Å². The summed E-state index contributed by atoms with van der Waals surface area (Å²) < 4.78 is 5.37. The number of aromatic nitrogens is 4. The fraction of sp³-hybridized carbons (Fsp3) is 0.286.